The molecule has 4 atom stereocenters. The number of aromatic nitrogens is 3. The SMILES string of the molecule is CC.CC(C)OC(=O)C1(NP(OCC2CC(C)C(n3ccc4c(N(C)N)nc(N)nc43)O2)Oc2ccc(Cl)cc2)CC1. The minimum atomic E-state index is -1.70. The van der Waals surface area contributed by atoms with Crippen LogP contribution in [0, 0.1) is 5.92 Å². The smallest absolute Gasteiger partial charge is 0.327 e. The fraction of sp³-hybridized carbons (Fsp3) is 0.536. The Balaban J connectivity index is 0.00000198. The van der Waals surface area contributed by atoms with E-state index < -0.39 is 14.1 Å². The Morgan fingerprint density at radius 3 is 2.57 bits per heavy atom. The molecular weight excluding hydrogens is 581 g/mol. The third-order valence-corrected chi connectivity index (χ3v) is 8.42. The van der Waals surface area contributed by atoms with E-state index in [4.69, 9.17) is 41.7 Å². The molecule has 1 saturated carbocycles. The highest BCUT2D eigenvalue weighted by molar-refractivity contribution is 7.45. The highest BCUT2D eigenvalue weighted by Gasteiger charge is 2.54. The summed E-state index contributed by atoms with van der Waals surface area (Å²) in [4.78, 5) is 21.5. The number of hydrogen-bond donors (Lipinski definition) is 3. The van der Waals surface area contributed by atoms with Gasteiger partial charge < -0.3 is 28.8 Å². The molecule has 0 amide bonds. The summed E-state index contributed by atoms with van der Waals surface area (Å²) in [6, 6.07) is 8.90. The summed E-state index contributed by atoms with van der Waals surface area (Å²) in [6.07, 6.45) is 3.23. The number of halogens is 1. The zero-order chi connectivity index (χ0) is 30.6. The molecule has 4 unspecified atom stereocenters. The fourth-order valence-corrected chi connectivity index (χ4v) is 6.25. The number of nitrogens with one attached hydrogen (secondary N) is 1. The maximum Gasteiger partial charge on any atom is 0.327 e. The summed E-state index contributed by atoms with van der Waals surface area (Å²) < 4.78 is 26.3. The van der Waals surface area contributed by atoms with E-state index in [9.17, 15) is 4.79 Å². The molecule has 1 aromatic carbocycles. The fourth-order valence-electron chi connectivity index (χ4n) is 4.68. The average Bonchev–Trinajstić information content (AvgIpc) is 3.47. The molecule has 1 saturated heterocycles. The number of ether oxygens (including phenoxy) is 2. The van der Waals surface area contributed by atoms with Gasteiger partial charge in [-0.15, -0.1) is 0 Å². The van der Waals surface area contributed by atoms with Gasteiger partial charge in [0.05, 0.1) is 24.2 Å². The van der Waals surface area contributed by atoms with Crippen LogP contribution in [-0.2, 0) is 18.8 Å². The molecule has 1 aliphatic carbocycles. The zero-order valence-electron chi connectivity index (χ0n) is 24.9. The second-order valence-electron chi connectivity index (χ2n) is 10.6. The number of nitrogens with zero attached hydrogens (tertiary/aromatic N) is 4. The normalized spacial score (nSPS) is 21.5. The Labute approximate surface area is 252 Å². The summed E-state index contributed by atoms with van der Waals surface area (Å²) in [6.45, 7) is 10.0. The van der Waals surface area contributed by atoms with Crippen LogP contribution in [0.3, 0.4) is 0 Å². The van der Waals surface area contributed by atoms with Gasteiger partial charge in [0, 0.05) is 24.2 Å². The predicted octanol–water partition coefficient (Wildman–Crippen LogP) is 5.32. The van der Waals surface area contributed by atoms with Gasteiger partial charge in [0.15, 0.2) is 5.82 Å². The topological polar surface area (TPSA) is 152 Å². The molecule has 5 N–H and O–H groups in total. The summed E-state index contributed by atoms with van der Waals surface area (Å²) in [5, 5.41) is 6.09. The number of carbonyl (C=O) groups is 1. The molecule has 2 fully saturated rings. The number of nitrogen functional groups attached to an aromatic ring is 1. The summed E-state index contributed by atoms with van der Waals surface area (Å²) in [7, 11) is 0.000911. The monoisotopic (exact) mass is 621 g/mol. The lowest BCUT2D eigenvalue weighted by Gasteiger charge is -2.25. The summed E-state index contributed by atoms with van der Waals surface area (Å²) >= 11 is 6.04. The third kappa shape index (κ3) is 7.42. The van der Waals surface area contributed by atoms with Crippen molar-refractivity contribution < 1.29 is 23.3 Å². The Hall–Kier alpha value is -2.73. The molecule has 5 rings (SSSR count). The Morgan fingerprint density at radius 2 is 1.95 bits per heavy atom. The van der Waals surface area contributed by atoms with Gasteiger partial charge in [-0.25, -0.2) is 10.9 Å². The van der Waals surface area contributed by atoms with E-state index in [0.717, 1.165) is 11.8 Å². The van der Waals surface area contributed by atoms with Crippen molar-refractivity contribution in [1.82, 2.24) is 19.6 Å². The highest BCUT2D eigenvalue weighted by atomic mass is 35.5. The number of esters is 1. The molecule has 2 aromatic heterocycles. The molecule has 3 aromatic rings. The summed E-state index contributed by atoms with van der Waals surface area (Å²) in [5.41, 5.74) is 5.80. The summed E-state index contributed by atoms with van der Waals surface area (Å²) in [5.74, 6) is 7.06. The van der Waals surface area contributed by atoms with Gasteiger partial charge in [-0.3, -0.25) is 9.80 Å². The standard InChI is InChI=1S/C26H35ClN7O5P.C2H6/c1-15(2)37-24(35)26(10-11-26)32-40(39-18-7-5-17(27)6-8-18)36-14-19-13-16(3)23(38-19)34-12-9-20-21(33(4)29)30-25(28)31-22(20)34;1-2/h5-9,12,15-16,19,23,32H,10-11,13-14,29H2,1-4H3,(H2,28,30,31);1-2H3. The van der Waals surface area contributed by atoms with Crippen LogP contribution in [0.1, 0.15) is 60.1 Å². The maximum absolute atomic E-state index is 12.8. The van der Waals surface area contributed by atoms with Crippen LogP contribution in [0.15, 0.2) is 36.5 Å². The third-order valence-electron chi connectivity index (χ3n) is 6.80. The molecule has 12 nitrogen and oxygen atoms in total. The first-order chi connectivity index (χ1) is 20.0. The van der Waals surface area contributed by atoms with Gasteiger partial charge in [0.25, 0.3) is 0 Å². The van der Waals surface area contributed by atoms with Crippen molar-refractivity contribution >= 4 is 48.9 Å². The second kappa shape index (κ2) is 13.7. The van der Waals surface area contributed by atoms with Crippen LogP contribution in [0.5, 0.6) is 5.75 Å². The van der Waals surface area contributed by atoms with Gasteiger partial charge in [-0.2, -0.15) is 9.97 Å². The van der Waals surface area contributed by atoms with Gasteiger partial charge in [-0.1, -0.05) is 32.4 Å². The zero-order valence-corrected chi connectivity index (χ0v) is 26.6. The maximum atomic E-state index is 12.8. The van der Waals surface area contributed by atoms with Crippen LogP contribution in [0.25, 0.3) is 11.0 Å². The number of benzene rings is 1. The number of hydrogen-bond acceptors (Lipinski definition) is 11. The molecule has 0 bridgehead atoms. The molecular formula is C28H41ClN7O5P. The Bertz CT molecular complexity index is 1350. The highest BCUT2D eigenvalue weighted by Crippen LogP contribution is 2.48. The van der Waals surface area contributed by atoms with Crippen LogP contribution in [0.4, 0.5) is 11.8 Å². The predicted molar refractivity (Wildman–Crippen MR) is 165 cm³/mol. The first-order valence-electron chi connectivity index (χ1n) is 14.2. The number of anilines is 2. The van der Waals surface area contributed by atoms with Crippen molar-refractivity contribution in [2.75, 3.05) is 24.4 Å². The Kier molecular flexibility index (Phi) is 10.5. The van der Waals surface area contributed by atoms with E-state index in [1.165, 1.54) is 5.01 Å². The molecule has 42 heavy (non-hydrogen) atoms. The van der Waals surface area contributed by atoms with Crippen LogP contribution in [-0.4, -0.2) is 51.9 Å². The first kappa shape index (κ1) is 32.2. The van der Waals surface area contributed by atoms with E-state index in [1.807, 2.05) is 44.5 Å². The van der Waals surface area contributed by atoms with Crippen LogP contribution in [0.2, 0.25) is 5.02 Å². The van der Waals surface area contributed by atoms with Crippen LogP contribution < -0.4 is 26.2 Å². The molecule has 2 aliphatic rings. The van der Waals surface area contributed by atoms with E-state index in [0.29, 0.717) is 35.1 Å². The molecule has 230 valence electrons. The van der Waals surface area contributed by atoms with Crippen molar-refractivity contribution in [2.24, 2.45) is 11.8 Å². The number of rotatable bonds is 11. The van der Waals surface area contributed by atoms with Gasteiger partial charge in [-0.05, 0) is 63.4 Å². The lowest BCUT2D eigenvalue weighted by molar-refractivity contribution is -0.150. The van der Waals surface area contributed by atoms with E-state index in [-0.39, 0.29) is 42.9 Å². The van der Waals surface area contributed by atoms with E-state index in [1.54, 1.807) is 31.3 Å². The van der Waals surface area contributed by atoms with Gasteiger partial charge in [0.2, 0.25) is 5.95 Å². The van der Waals surface area contributed by atoms with Crippen molar-refractivity contribution in [2.45, 2.75) is 77.9 Å². The van der Waals surface area contributed by atoms with Gasteiger partial charge >= 0.3 is 14.5 Å². The van der Waals surface area contributed by atoms with Crippen molar-refractivity contribution in [3.05, 3.63) is 41.6 Å². The van der Waals surface area contributed by atoms with E-state index >= 15 is 0 Å². The van der Waals surface area contributed by atoms with Crippen molar-refractivity contribution in [1.29, 1.82) is 0 Å². The molecule has 14 heteroatoms. The number of nitrogens with two attached hydrogens (primary N) is 2. The van der Waals surface area contributed by atoms with Crippen LogP contribution >= 0.6 is 20.1 Å². The molecule has 0 spiro atoms. The second-order valence-corrected chi connectivity index (χ2v) is 12.2. The quantitative estimate of drug-likeness (QED) is 0.110. The first-order valence-corrected chi connectivity index (χ1v) is 15.7. The lowest BCUT2D eigenvalue weighted by Crippen LogP contribution is -2.40. The lowest BCUT2D eigenvalue weighted by atomic mass is 10.1. The molecule has 0 radical (unpaired) electrons. The van der Waals surface area contributed by atoms with Gasteiger partial charge in [0.1, 0.15) is 23.2 Å². The van der Waals surface area contributed by atoms with Crippen molar-refractivity contribution in [3.8, 4) is 5.75 Å². The minimum Gasteiger partial charge on any atom is -0.462 e. The molecule has 3 heterocycles. The largest absolute Gasteiger partial charge is 0.462 e. The van der Waals surface area contributed by atoms with Crippen molar-refractivity contribution in [3.63, 3.8) is 0 Å². The number of fused-ring (bicyclic) bond motifs is 1. The minimum absolute atomic E-state index is 0.131. The van der Waals surface area contributed by atoms with E-state index in [2.05, 4.69) is 22.0 Å². The number of carbonyl (C=O) groups excluding carboxylic acids is 1. The average molecular weight is 622 g/mol. The number of hydrazine groups is 1. The molecule has 1 aliphatic heterocycles. The Morgan fingerprint density at radius 1 is 1.26 bits per heavy atom.